The molecule has 2 aromatic rings. The average molecular weight is 325 g/mol. The Hall–Kier alpha value is -0.820. The van der Waals surface area contributed by atoms with Crippen LogP contribution in [-0.2, 0) is 6.54 Å². The number of aromatic amines is 1. The lowest BCUT2D eigenvalue weighted by Gasteiger charge is -2.07. The van der Waals surface area contributed by atoms with Crippen molar-refractivity contribution in [1.29, 1.82) is 0 Å². The molecule has 0 fully saturated rings. The number of aryl methyl sites for hydroxylation is 1. The molecule has 0 bridgehead atoms. The maximum absolute atomic E-state index is 12.2. The minimum atomic E-state index is -4.18. The van der Waals surface area contributed by atoms with Crippen molar-refractivity contribution in [2.24, 2.45) is 0 Å². The molecule has 2 rings (SSSR count). The first-order valence-corrected chi connectivity index (χ1v) is 6.02. The molecule has 1 heterocycles. The standard InChI is InChI=1S/C10H8BrF3N2S/c11-6-1-2-7-8(5-6)16(9(17)15-7)4-3-10(12,13)14/h1-2,5H,3-4H2,(H,15,17). The zero-order chi connectivity index (χ0) is 12.6. The van der Waals surface area contributed by atoms with E-state index in [4.69, 9.17) is 12.2 Å². The Balaban J connectivity index is 2.42. The molecule has 0 spiro atoms. The van der Waals surface area contributed by atoms with E-state index in [1.807, 2.05) is 6.07 Å². The second-order valence-electron chi connectivity index (χ2n) is 3.61. The third-order valence-corrected chi connectivity index (χ3v) is 3.17. The van der Waals surface area contributed by atoms with Gasteiger partial charge in [-0.2, -0.15) is 13.2 Å². The minimum absolute atomic E-state index is 0.168. The van der Waals surface area contributed by atoms with Gasteiger partial charge in [-0.3, -0.25) is 0 Å². The lowest BCUT2D eigenvalue weighted by molar-refractivity contribution is -0.136. The number of H-pyrrole nitrogens is 1. The summed E-state index contributed by atoms with van der Waals surface area (Å²) in [5, 5.41) is 0. The maximum atomic E-state index is 12.2. The van der Waals surface area contributed by atoms with Crippen LogP contribution in [0.25, 0.3) is 11.0 Å². The van der Waals surface area contributed by atoms with Crippen LogP contribution in [0.2, 0.25) is 0 Å². The Labute approximate surface area is 109 Å². The Morgan fingerprint density at radius 1 is 1.35 bits per heavy atom. The second kappa shape index (κ2) is 4.45. The normalized spacial score (nSPS) is 12.2. The number of fused-ring (bicyclic) bond motifs is 1. The van der Waals surface area contributed by atoms with Gasteiger partial charge in [-0.15, -0.1) is 0 Å². The van der Waals surface area contributed by atoms with Gasteiger partial charge in [-0.05, 0) is 30.4 Å². The topological polar surface area (TPSA) is 20.7 Å². The molecule has 0 radical (unpaired) electrons. The second-order valence-corrected chi connectivity index (χ2v) is 4.91. The molecular formula is C10H8BrF3N2S. The molecule has 0 amide bonds. The van der Waals surface area contributed by atoms with Crippen molar-refractivity contribution in [3.05, 3.63) is 27.4 Å². The van der Waals surface area contributed by atoms with E-state index in [1.54, 1.807) is 12.1 Å². The van der Waals surface area contributed by atoms with Crippen molar-refractivity contribution in [2.45, 2.75) is 19.1 Å². The summed E-state index contributed by atoms with van der Waals surface area (Å²) in [4.78, 5) is 2.88. The number of benzene rings is 1. The lowest BCUT2D eigenvalue weighted by atomic mass is 10.3. The Kier molecular flexibility index (Phi) is 3.31. The number of nitrogens with one attached hydrogen (secondary N) is 1. The highest BCUT2D eigenvalue weighted by atomic mass is 79.9. The smallest absolute Gasteiger partial charge is 0.331 e. The Morgan fingerprint density at radius 2 is 2.06 bits per heavy atom. The predicted octanol–water partition coefficient (Wildman–Crippen LogP) is 4.41. The van der Waals surface area contributed by atoms with E-state index in [0.29, 0.717) is 10.3 Å². The van der Waals surface area contributed by atoms with Gasteiger partial charge in [-0.25, -0.2) is 0 Å². The van der Waals surface area contributed by atoms with E-state index in [0.717, 1.165) is 9.99 Å². The molecule has 0 saturated carbocycles. The third-order valence-electron chi connectivity index (χ3n) is 2.36. The van der Waals surface area contributed by atoms with Crippen molar-refractivity contribution in [3.63, 3.8) is 0 Å². The van der Waals surface area contributed by atoms with Gasteiger partial charge in [0.2, 0.25) is 0 Å². The average Bonchev–Trinajstić information content (AvgIpc) is 2.49. The Morgan fingerprint density at radius 3 is 2.71 bits per heavy atom. The van der Waals surface area contributed by atoms with Crippen LogP contribution < -0.4 is 0 Å². The fraction of sp³-hybridized carbons (Fsp3) is 0.300. The third kappa shape index (κ3) is 2.90. The van der Waals surface area contributed by atoms with Gasteiger partial charge in [0.1, 0.15) is 0 Å². The molecule has 7 heteroatoms. The van der Waals surface area contributed by atoms with E-state index in [2.05, 4.69) is 20.9 Å². The minimum Gasteiger partial charge on any atom is -0.331 e. The molecule has 0 aliphatic carbocycles. The fourth-order valence-electron chi connectivity index (χ4n) is 1.59. The molecule has 1 N–H and O–H groups in total. The molecule has 92 valence electrons. The monoisotopic (exact) mass is 324 g/mol. The summed E-state index contributed by atoms with van der Waals surface area (Å²) in [6, 6.07) is 5.33. The summed E-state index contributed by atoms with van der Waals surface area (Å²) in [5.74, 6) is 0. The molecule has 0 saturated heterocycles. The van der Waals surface area contributed by atoms with E-state index >= 15 is 0 Å². The number of rotatable bonds is 2. The highest BCUT2D eigenvalue weighted by Crippen LogP contribution is 2.24. The first kappa shape index (κ1) is 12.6. The quantitative estimate of drug-likeness (QED) is 0.811. The van der Waals surface area contributed by atoms with E-state index in [1.165, 1.54) is 4.57 Å². The van der Waals surface area contributed by atoms with E-state index < -0.39 is 12.6 Å². The van der Waals surface area contributed by atoms with Crippen molar-refractivity contribution in [3.8, 4) is 0 Å². The summed E-state index contributed by atoms with van der Waals surface area (Å²) in [6.07, 6.45) is -5.06. The molecule has 0 atom stereocenters. The van der Waals surface area contributed by atoms with Crippen LogP contribution in [0.4, 0.5) is 13.2 Å². The fourth-order valence-corrected chi connectivity index (χ4v) is 2.24. The molecule has 1 aromatic carbocycles. The van der Waals surface area contributed by atoms with Crippen LogP contribution in [0.3, 0.4) is 0 Å². The summed E-state index contributed by atoms with van der Waals surface area (Å²) in [5.41, 5.74) is 1.41. The van der Waals surface area contributed by atoms with Gasteiger partial charge in [0.05, 0.1) is 17.5 Å². The van der Waals surface area contributed by atoms with Crippen molar-refractivity contribution < 1.29 is 13.2 Å². The highest BCUT2D eigenvalue weighted by Gasteiger charge is 2.27. The van der Waals surface area contributed by atoms with Crippen LogP contribution in [0.1, 0.15) is 6.42 Å². The number of aromatic nitrogens is 2. The molecule has 1 aromatic heterocycles. The van der Waals surface area contributed by atoms with Gasteiger partial charge in [-0.1, -0.05) is 15.9 Å². The summed E-state index contributed by atoms with van der Waals surface area (Å²) >= 11 is 8.29. The zero-order valence-corrected chi connectivity index (χ0v) is 10.9. The Bertz CT molecular complexity index is 600. The summed E-state index contributed by atoms with van der Waals surface area (Å²) in [7, 11) is 0. The predicted molar refractivity (Wildman–Crippen MR) is 65.5 cm³/mol. The summed E-state index contributed by atoms with van der Waals surface area (Å²) in [6.45, 7) is -0.168. The molecule has 0 aliphatic heterocycles. The first-order chi connectivity index (χ1) is 7.87. The van der Waals surface area contributed by atoms with Crippen LogP contribution in [-0.4, -0.2) is 15.7 Å². The maximum Gasteiger partial charge on any atom is 0.390 e. The largest absolute Gasteiger partial charge is 0.390 e. The van der Waals surface area contributed by atoms with Gasteiger partial charge in [0.25, 0.3) is 0 Å². The summed E-state index contributed by atoms with van der Waals surface area (Å²) < 4.78 is 39.1. The van der Waals surface area contributed by atoms with Crippen molar-refractivity contribution >= 4 is 39.2 Å². The van der Waals surface area contributed by atoms with Crippen LogP contribution >= 0.6 is 28.1 Å². The highest BCUT2D eigenvalue weighted by molar-refractivity contribution is 9.10. The number of hydrogen-bond acceptors (Lipinski definition) is 1. The molecule has 17 heavy (non-hydrogen) atoms. The van der Waals surface area contributed by atoms with E-state index in [-0.39, 0.29) is 6.54 Å². The van der Waals surface area contributed by atoms with Gasteiger partial charge >= 0.3 is 6.18 Å². The van der Waals surface area contributed by atoms with Crippen molar-refractivity contribution in [2.75, 3.05) is 0 Å². The molecule has 0 aliphatic rings. The number of hydrogen-bond donors (Lipinski definition) is 1. The van der Waals surface area contributed by atoms with Gasteiger partial charge in [0, 0.05) is 11.0 Å². The number of halogens is 4. The van der Waals surface area contributed by atoms with E-state index in [9.17, 15) is 13.2 Å². The lowest BCUT2D eigenvalue weighted by Crippen LogP contribution is -2.12. The van der Waals surface area contributed by atoms with Crippen LogP contribution in [0.5, 0.6) is 0 Å². The van der Waals surface area contributed by atoms with Gasteiger partial charge in [0.15, 0.2) is 4.77 Å². The molecule has 2 nitrogen and oxygen atoms in total. The molecule has 0 unspecified atom stereocenters. The number of nitrogens with zero attached hydrogens (tertiary/aromatic N) is 1. The SMILES string of the molecule is FC(F)(F)CCn1c(=S)[nH]c2ccc(Br)cc21. The van der Waals surface area contributed by atoms with Gasteiger partial charge < -0.3 is 9.55 Å². The molecular weight excluding hydrogens is 317 g/mol. The number of alkyl halides is 3. The zero-order valence-electron chi connectivity index (χ0n) is 8.51. The van der Waals surface area contributed by atoms with Crippen molar-refractivity contribution in [1.82, 2.24) is 9.55 Å². The van der Waals surface area contributed by atoms with Crippen LogP contribution in [0.15, 0.2) is 22.7 Å². The van der Waals surface area contributed by atoms with Crippen LogP contribution in [0, 0.1) is 4.77 Å². The number of imidazole rings is 1. The first-order valence-electron chi connectivity index (χ1n) is 4.82.